The molecule has 44 heavy (non-hydrogen) atoms. The Bertz CT molecular complexity index is 1710. The van der Waals surface area contributed by atoms with Crippen LogP contribution in [-0.4, -0.2) is 35.5 Å². The van der Waals surface area contributed by atoms with Crippen molar-refractivity contribution in [1.29, 1.82) is 0 Å². The van der Waals surface area contributed by atoms with Crippen molar-refractivity contribution in [2.75, 3.05) is 46.5 Å². The molecule has 4 aromatic rings. The number of nitrogens with zero attached hydrogens (tertiary/aromatic N) is 5. The van der Waals surface area contributed by atoms with Gasteiger partial charge in [-0.1, -0.05) is 70.8 Å². The highest BCUT2D eigenvalue weighted by Gasteiger charge is 2.49. The zero-order chi connectivity index (χ0) is 30.4. The molecule has 3 aliphatic rings. The van der Waals surface area contributed by atoms with E-state index in [2.05, 4.69) is 154 Å². The fourth-order valence-corrected chi connectivity index (χ4v) is 17.6. The Balaban J connectivity index is 1.48. The van der Waals surface area contributed by atoms with Crippen molar-refractivity contribution in [1.82, 2.24) is 9.34 Å². The maximum atomic E-state index is 5.78. The van der Waals surface area contributed by atoms with Gasteiger partial charge in [-0.3, -0.25) is 0 Å². The number of aryl methyl sites for hydroxylation is 4. The van der Waals surface area contributed by atoms with Gasteiger partial charge in [0.05, 0.1) is 0 Å². The summed E-state index contributed by atoms with van der Waals surface area (Å²) >= 11 is 0. The fraction of sp³-hybridized carbons (Fsp3) is 0.250. The SMILES string of the molecule is Cc1ccc(NP2(Nc3ccc(C)cc3)=NP(Nc3ccc(C)cc3)(N3CC3)=NP(Nc3ccc(C)cc3)(N3CC3)=N2)cc1. The predicted molar refractivity (Wildman–Crippen MR) is 190 cm³/mol. The van der Waals surface area contributed by atoms with Gasteiger partial charge in [-0.05, 0) is 76.2 Å². The van der Waals surface area contributed by atoms with Gasteiger partial charge in [0.25, 0.3) is 7.51 Å². The van der Waals surface area contributed by atoms with Gasteiger partial charge in [-0.25, -0.2) is 9.34 Å². The van der Waals surface area contributed by atoms with Crippen LogP contribution in [-0.2, 0) is 0 Å². The van der Waals surface area contributed by atoms with Gasteiger partial charge in [0.15, 0.2) is 0 Å². The second-order valence-electron chi connectivity index (χ2n) is 11.8. The lowest BCUT2D eigenvalue weighted by Crippen LogP contribution is -2.15. The molecule has 0 saturated carbocycles. The minimum atomic E-state index is -2.88. The molecule has 0 radical (unpaired) electrons. The average Bonchev–Trinajstić information content (AvgIpc) is 3.91. The topological polar surface area (TPSA) is 91.2 Å². The Morgan fingerprint density at radius 1 is 0.409 bits per heavy atom. The van der Waals surface area contributed by atoms with E-state index in [1.165, 1.54) is 22.3 Å². The number of rotatable bonds is 10. The number of benzene rings is 4. The minimum absolute atomic E-state index is 0.944. The van der Waals surface area contributed by atoms with Crippen LogP contribution in [0.15, 0.2) is 111 Å². The first-order valence-electron chi connectivity index (χ1n) is 15.0. The third-order valence-corrected chi connectivity index (χ3v) is 18.4. The number of anilines is 4. The van der Waals surface area contributed by atoms with Crippen molar-refractivity contribution in [3.05, 3.63) is 119 Å². The van der Waals surface area contributed by atoms with Crippen LogP contribution in [0.3, 0.4) is 0 Å². The highest BCUT2D eigenvalue weighted by atomic mass is 31.3. The summed E-state index contributed by atoms with van der Waals surface area (Å²) in [4.78, 5) is 0. The summed E-state index contributed by atoms with van der Waals surface area (Å²) < 4.78 is 22.1. The normalized spacial score (nSPS) is 23.8. The quantitative estimate of drug-likeness (QED) is 0.102. The van der Waals surface area contributed by atoms with Gasteiger partial charge in [-0.15, -0.1) is 0 Å². The van der Waals surface area contributed by atoms with Crippen molar-refractivity contribution < 1.29 is 0 Å². The summed E-state index contributed by atoms with van der Waals surface area (Å²) in [5.74, 6) is 0. The molecule has 3 aliphatic heterocycles. The largest absolute Gasteiger partial charge is 0.323 e. The molecule has 0 bridgehead atoms. The lowest BCUT2D eigenvalue weighted by Gasteiger charge is -2.38. The highest BCUT2D eigenvalue weighted by molar-refractivity contribution is 7.87. The third kappa shape index (κ3) is 6.40. The van der Waals surface area contributed by atoms with E-state index in [0.717, 1.165) is 48.9 Å². The average molecular weight is 644 g/mol. The number of hydrogen-bond acceptors (Lipinski definition) is 9. The maximum absolute atomic E-state index is 5.78. The van der Waals surface area contributed by atoms with E-state index in [-0.39, 0.29) is 0 Å². The molecular weight excluding hydrogens is 603 g/mol. The molecule has 0 amide bonds. The smallest absolute Gasteiger partial charge is 0.267 e. The van der Waals surface area contributed by atoms with Crippen LogP contribution in [0.1, 0.15) is 22.3 Å². The van der Waals surface area contributed by atoms with Crippen LogP contribution < -0.4 is 20.3 Å². The van der Waals surface area contributed by atoms with Crippen LogP contribution in [0.2, 0.25) is 0 Å². The first-order valence-corrected chi connectivity index (χ1v) is 20.0. The molecule has 0 aliphatic carbocycles. The van der Waals surface area contributed by atoms with Crippen LogP contribution in [0.4, 0.5) is 22.7 Å². The van der Waals surface area contributed by atoms with Gasteiger partial charge < -0.3 is 20.3 Å². The van der Waals surface area contributed by atoms with E-state index < -0.39 is 22.5 Å². The second-order valence-corrected chi connectivity index (χ2v) is 19.5. The van der Waals surface area contributed by atoms with Gasteiger partial charge >= 0.3 is 0 Å². The van der Waals surface area contributed by atoms with Crippen LogP contribution >= 0.6 is 22.5 Å². The molecular formula is C32H40N9P3. The molecule has 2 unspecified atom stereocenters. The summed E-state index contributed by atoms with van der Waals surface area (Å²) in [5, 5.41) is 15.6. The summed E-state index contributed by atoms with van der Waals surface area (Å²) in [6, 6.07) is 34.2. The van der Waals surface area contributed by atoms with Crippen molar-refractivity contribution >= 4 is 45.3 Å². The molecule has 228 valence electrons. The standard InChI is InChI=1S/C32H40N9P3/c1-25-5-13-29(14-6-25)33-42(34-30-15-7-26(2)8-16-30)37-43(40-21-22-40,35-31-17-9-27(3)10-18-31)39-44(38-42,41-23-24-41)36-32-19-11-28(4)12-20-32/h5-20,33-36H,21-24H2,1-4H3. The molecule has 4 aromatic carbocycles. The lowest BCUT2D eigenvalue weighted by molar-refractivity contribution is 0.887. The highest BCUT2D eigenvalue weighted by Crippen LogP contribution is 2.80. The summed E-state index contributed by atoms with van der Waals surface area (Å²) in [5.41, 5.74) is 8.87. The summed E-state index contributed by atoms with van der Waals surface area (Å²) in [7, 11) is -8.23. The lowest BCUT2D eigenvalue weighted by atomic mass is 10.2. The van der Waals surface area contributed by atoms with E-state index in [4.69, 9.17) is 13.5 Å². The molecule has 3 heterocycles. The first kappa shape index (κ1) is 29.4. The molecule has 2 atom stereocenters. The van der Waals surface area contributed by atoms with E-state index in [1.54, 1.807) is 0 Å². The first-order chi connectivity index (χ1) is 21.2. The van der Waals surface area contributed by atoms with E-state index in [9.17, 15) is 0 Å². The zero-order valence-corrected chi connectivity index (χ0v) is 28.3. The molecule has 0 aromatic heterocycles. The zero-order valence-electron chi connectivity index (χ0n) is 25.6. The van der Waals surface area contributed by atoms with Crippen LogP contribution in [0.5, 0.6) is 0 Å². The fourth-order valence-electron chi connectivity index (χ4n) is 5.03. The Kier molecular flexibility index (Phi) is 7.73. The number of nitrogens with one attached hydrogen (secondary N) is 4. The summed E-state index contributed by atoms with van der Waals surface area (Å²) in [6.07, 6.45) is 0. The van der Waals surface area contributed by atoms with Crippen LogP contribution in [0.25, 0.3) is 0 Å². The summed E-state index contributed by atoms with van der Waals surface area (Å²) in [6.45, 7) is 12.2. The van der Waals surface area contributed by atoms with Crippen molar-refractivity contribution in [3.8, 4) is 0 Å². The van der Waals surface area contributed by atoms with Gasteiger partial charge in [0, 0.05) is 48.9 Å². The minimum Gasteiger partial charge on any atom is -0.323 e. The Morgan fingerprint density at radius 3 is 1.02 bits per heavy atom. The molecule has 9 nitrogen and oxygen atoms in total. The van der Waals surface area contributed by atoms with Gasteiger partial charge in [0.2, 0.25) is 15.0 Å². The van der Waals surface area contributed by atoms with Crippen molar-refractivity contribution in [2.45, 2.75) is 27.7 Å². The molecule has 0 spiro atoms. The Hall–Kier alpha value is -3.31. The van der Waals surface area contributed by atoms with E-state index in [0.29, 0.717) is 0 Å². The third-order valence-electron chi connectivity index (χ3n) is 7.73. The molecule has 7 rings (SSSR count). The Morgan fingerprint density at radius 2 is 0.705 bits per heavy atom. The van der Waals surface area contributed by atoms with Gasteiger partial charge in [0.1, 0.15) is 0 Å². The molecule has 2 saturated heterocycles. The van der Waals surface area contributed by atoms with Gasteiger partial charge in [-0.2, -0.15) is 13.5 Å². The second kappa shape index (κ2) is 11.6. The monoisotopic (exact) mass is 643 g/mol. The molecule has 4 N–H and O–H groups in total. The molecule has 12 heteroatoms. The van der Waals surface area contributed by atoms with E-state index >= 15 is 0 Å². The maximum Gasteiger partial charge on any atom is 0.267 e. The molecule has 2 fully saturated rings. The van der Waals surface area contributed by atoms with Crippen molar-refractivity contribution in [3.63, 3.8) is 0 Å². The van der Waals surface area contributed by atoms with E-state index in [1.807, 2.05) is 0 Å². The van der Waals surface area contributed by atoms with Crippen molar-refractivity contribution in [2.24, 2.45) is 13.5 Å². The Labute approximate surface area is 261 Å². The van der Waals surface area contributed by atoms with Crippen LogP contribution in [0, 0.1) is 27.7 Å². The predicted octanol–water partition coefficient (Wildman–Crippen LogP) is 10.2. The number of hydrogen-bond donors (Lipinski definition) is 4.